The lowest BCUT2D eigenvalue weighted by Gasteiger charge is -2.18. The summed E-state index contributed by atoms with van der Waals surface area (Å²) in [5.41, 5.74) is 0.988. The van der Waals surface area contributed by atoms with E-state index >= 15 is 0 Å². The molecule has 1 saturated carbocycles. The first kappa shape index (κ1) is 21.5. The fourth-order valence-electron chi connectivity index (χ4n) is 3.89. The maximum absolute atomic E-state index is 10.6. The molecule has 0 amide bonds. The Bertz CT molecular complexity index is 877. The number of aliphatic carboxylic acids is 1. The van der Waals surface area contributed by atoms with Crippen LogP contribution in [0.3, 0.4) is 0 Å². The van der Waals surface area contributed by atoms with Crippen LogP contribution in [-0.4, -0.2) is 27.4 Å². The van der Waals surface area contributed by atoms with Crippen LogP contribution in [0.1, 0.15) is 43.1 Å². The topological polar surface area (TPSA) is 77.8 Å². The summed E-state index contributed by atoms with van der Waals surface area (Å²) in [7, 11) is 0. The van der Waals surface area contributed by atoms with Crippen molar-refractivity contribution in [3.8, 4) is 0 Å². The largest absolute Gasteiger partial charge is 0.481 e. The van der Waals surface area contributed by atoms with E-state index in [0.29, 0.717) is 19.3 Å². The molecular formula is C24H28O4S. The van der Waals surface area contributed by atoms with E-state index in [1.807, 2.05) is 54.6 Å². The average Bonchev–Trinajstić information content (AvgIpc) is 3.23. The zero-order valence-corrected chi connectivity index (χ0v) is 17.2. The lowest BCUT2D eigenvalue weighted by atomic mass is 9.89. The SMILES string of the molecule is C=C1C[C@H](O)[C@H](C/C=C\CCCC(=O)O)[C@H]1/C=C/[C@@H](O)c1cc2ccccc2s1. The Hall–Kier alpha value is -2.21. The molecule has 4 nitrogen and oxygen atoms in total. The summed E-state index contributed by atoms with van der Waals surface area (Å²) < 4.78 is 1.15. The number of benzene rings is 1. The molecule has 0 spiro atoms. The first-order chi connectivity index (χ1) is 14.0. The van der Waals surface area contributed by atoms with Crippen molar-refractivity contribution in [2.24, 2.45) is 11.8 Å². The maximum Gasteiger partial charge on any atom is 0.303 e. The number of thiophene rings is 1. The molecule has 1 aliphatic carbocycles. The molecule has 5 heteroatoms. The Balaban J connectivity index is 1.61. The normalized spacial score (nSPS) is 23.5. The van der Waals surface area contributed by atoms with Crippen LogP contribution in [0.15, 0.2) is 66.8 Å². The third-order valence-electron chi connectivity index (χ3n) is 5.47. The van der Waals surface area contributed by atoms with Gasteiger partial charge >= 0.3 is 5.97 Å². The average molecular weight is 413 g/mol. The molecule has 154 valence electrons. The quantitative estimate of drug-likeness (QED) is 0.388. The number of carbonyl (C=O) groups is 1. The van der Waals surface area contributed by atoms with Crippen LogP contribution in [0.2, 0.25) is 0 Å². The molecule has 1 heterocycles. The number of carboxylic acid groups (broad SMARTS) is 1. The highest BCUT2D eigenvalue weighted by molar-refractivity contribution is 7.19. The minimum Gasteiger partial charge on any atom is -0.481 e. The summed E-state index contributed by atoms with van der Waals surface area (Å²) in [6.07, 6.45) is 9.49. The molecule has 4 atom stereocenters. The number of carboxylic acids is 1. The molecule has 1 fully saturated rings. The molecule has 3 N–H and O–H groups in total. The van der Waals surface area contributed by atoms with Crippen LogP contribution in [0.25, 0.3) is 10.1 Å². The van der Waals surface area contributed by atoms with Gasteiger partial charge in [-0.25, -0.2) is 0 Å². The number of aliphatic hydroxyl groups excluding tert-OH is 2. The van der Waals surface area contributed by atoms with Crippen LogP contribution in [0.4, 0.5) is 0 Å². The van der Waals surface area contributed by atoms with E-state index in [1.165, 1.54) is 0 Å². The van der Waals surface area contributed by atoms with E-state index in [4.69, 9.17) is 5.11 Å². The summed E-state index contributed by atoms with van der Waals surface area (Å²) in [5.74, 6) is -0.718. The van der Waals surface area contributed by atoms with E-state index in [2.05, 4.69) is 6.58 Å². The van der Waals surface area contributed by atoms with Crippen LogP contribution >= 0.6 is 11.3 Å². The molecule has 0 unspecified atom stereocenters. The summed E-state index contributed by atoms with van der Waals surface area (Å²) in [5, 5.41) is 30.8. The van der Waals surface area contributed by atoms with Gasteiger partial charge in [-0.05, 0) is 49.1 Å². The Morgan fingerprint density at radius 1 is 1.31 bits per heavy atom. The fraction of sp³-hybridized carbons (Fsp3) is 0.375. The van der Waals surface area contributed by atoms with Crippen molar-refractivity contribution in [2.75, 3.05) is 0 Å². The van der Waals surface area contributed by atoms with Crippen molar-refractivity contribution in [2.45, 2.75) is 44.3 Å². The zero-order chi connectivity index (χ0) is 20.8. The van der Waals surface area contributed by atoms with Gasteiger partial charge in [0.25, 0.3) is 0 Å². The Morgan fingerprint density at radius 2 is 2.10 bits per heavy atom. The second kappa shape index (κ2) is 10.0. The van der Waals surface area contributed by atoms with Crippen molar-refractivity contribution in [1.82, 2.24) is 0 Å². The van der Waals surface area contributed by atoms with Crippen molar-refractivity contribution in [3.63, 3.8) is 0 Å². The summed E-state index contributed by atoms with van der Waals surface area (Å²) in [6.45, 7) is 4.12. The fourth-order valence-corrected chi connectivity index (χ4v) is 4.92. The molecule has 0 bridgehead atoms. The smallest absolute Gasteiger partial charge is 0.303 e. The van der Waals surface area contributed by atoms with Gasteiger partial charge in [0, 0.05) is 21.9 Å². The van der Waals surface area contributed by atoms with Crippen molar-refractivity contribution >= 4 is 27.4 Å². The first-order valence-corrected chi connectivity index (χ1v) is 10.8. The standard InChI is InChI=1S/C24H28O4S/c1-16-14-21(26)19(9-4-2-3-5-11-24(27)28)18(16)12-13-20(25)23-15-17-8-6-7-10-22(17)29-23/h2,4,6-8,10,12-13,15,18-21,25-26H,1,3,5,9,11,14H2,(H,27,28)/b4-2-,13-12+/t18-,19+,20+,21-/m0/s1. The lowest BCUT2D eigenvalue weighted by molar-refractivity contribution is -0.137. The highest BCUT2D eigenvalue weighted by Gasteiger charge is 2.35. The lowest BCUT2D eigenvalue weighted by Crippen LogP contribution is -2.17. The van der Waals surface area contributed by atoms with Crippen molar-refractivity contribution < 1.29 is 20.1 Å². The number of hydrogen-bond donors (Lipinski definition) is 3. The Morgan fingerprint density at radius 3 is 2.86 bits per heavy atom. The molecule has 1 aliphatic rings. The van der Waals surface area contributed by atoms with Gasteiger partial charge in [0.2, 0.25) is 0 Å². The molecule has 29 heavy (non-hydrogen) atoms. The molecule has 0 radical (unpaired) electrons. The second-order valence-electron chi connectivity index (χ2n) is 7.63. The molecule has 2 aromatic rings. The number of fused-ring (bicyclic) bond motifs is 1. The maximum atomic E-state index is 10.6. The van der Waals surface area contributed by atoms with Crippen LogP contribution < -0.4 is 0 Å². The van der Waals surface area contributed by atoms with Gasteiger partial charge in [0.05, 0.1) is 6.10 Å². The number of rotatable bonds is 9. The van der Waals surface area contributed by atoms with Gasteiger partial charge in [-0.1, -0.05) is 54.7 Å². The molecule has 1 aromatic carbocycles. The number of aliphatic hydroxyl groups is 2. The van der Waals surface area contributed by atoms with Crippen molar-refractivity contribution in [1.29, 1.82) is 0 Å². The second-order valence-corrected chi connectivity index (χ2v) is 8.74. The zero-order valence-electron chi connectivity index (χ0n) is 16.4. The van der Waals surface area contributed by atoms with Gasteiger partial charge in [-0.15, -0.1) is 11.3 Å². The summed E-state index contributed by atoms with van der Waals surface area (Å²) in [4.78, 5) is 11.5. The van der Waals surface area contributed by atoms with E-state index in [1.54, 1.807) is 11.3 Å². The number of unbranched alkanes of at least 4 members (excludes halogenated alkanes) is 1. The minimum absolute atomic E-state index is 0.0256. The van der Waals surface area contributed by atoms with Gasteiger partial charge in [0.15, 0.2) is 0 Å². The summed E-state index contributed by atoms with van der Waals surface area (Å²) in [6, 6.07) is 10.1. The van der Waals surface area contributed by atoms with Crippen LogP contribution in [0, 0.1) is 11.8 Å². The number of hydrogen-bond acceptors (Lipinski definition) is 4. The Labute approximate surface area is 175 Å². The molecule has 0 saturated heterocycles. The third kappa shape index (κ3) is 5.66. The molecule has 3 rings (SSSR count). The predicted molar refractivity (Wildman–Crippen MR) is 118 cm³/mol. The highest BCUT2D eigenvalue weighted by atomic mass is 32.1. The molecule has 1 aromatic heterocycles. The number of allylic oxidation sites excluding steroid dienone is 3. The van der Waals surface area contributed by atoms with Crippen LogP contribution in [0.5, 0.6) is 0 Å². The predicted octanol–water partition coefficient (Wildman–Crippen LogP) is 5.25. The highest BCUT2D eigenvalue weighted by Crippen LogP contribution is 2.40. The van der Waals surface area contributed by atoms with Gasteiger partial charge in [-0.2, -0.15) is 0 Å². The van der Waals surface area contributed by atoms with Crippen molar-refractivity contribution in [3.05, 3.63) is 71.7 Å². The molecule has 0 aliphatic heterocycles. The van der Waals surface area contributed by atoms with E-state index in [9.17, 15) is 15.0 Å². The van der Waals surface area contributed by atoms with E-state index < -0.39 is 18.2 Å². The first-order valence-electron chi connectivity index (χ1n) is 10.0. The van der Waals surface area contributed by atoms with E-state index in [0.717, 1.165) is 27.0 Å². The molecular weight excluding hydrogens is 384 g/mol. The summed E-state index contributed by atoms with van der Waals surface area (Å²) >= 11 is 1.59. The monoisotopic (exact) mass is 412 g/mol. The van der Waals surface area contributed by atoms with Gasteiger partial charge in [0.1, 0.15) is 6.10 Å². The van der Waals surface area contributed by atoms with Gasteiger partial charge in [-0.3, -0.25) is 4.79 Å². The minimum atomic E-state index is -0.775. The van der Waals surface area contributed by atoms with Gasteiger partial charge < -0.3 is 15.3 Å². The Kier molecular flexibility index (Phi) is 7.42. The van der Waals surface area contributed by atoms with Crippen LogP contribution in [-0.2, 0) is 4.79 Å². The van der Waals surface area contributed by atoms with E-state index in [-0.39, 0.29) is 18.3 Å². The third-order valence-corrected chi connectivity index (χ3v) is 6.66.